The Morgan fingerprint density at radius 2 is 2.17 bits per heavy atom. The molecule has 1 N–H and O–H groups in total. The van der Waals surface area contributed by atoms with Gasteiger partial charge >= 0.3 is 0 Å². The molecule has 3 heteroatoms. The van der Waals surface area contributed by atoms with Crippen molar-refractivity contribution in [2.75, 3.05) is 7.05 Å². The van der Waals surface area contributed by atoms with Crippen LogP contribution in [0.4, 0.5) is 4.39 Å². The molecule has 64 valence electrons. The van der Waals surface area contributed by atoms with Crippen LogP contribution < -0.4 is 5.32 Å². The maximum atomic E-state index is 12.9. The Hall–Kier alpha value is -1.38. The van der Waals surface area contributed by atoms with Gasteiger partial charge in [0, 0.05) is 12.6 Å². The average molecular weight is 167 g/mol. The fourth-order valence-electron chi connectivity index (χ4n) is 0.988. The van der Waals surface area contributed by atoms with Gasteiger partial charge in [0.25, 0.3) is 5.91 Å². The minimum Gasteiger partial charge on any atom is -0.355 e. The number of amides is 1. The Balaban J connectivity index is 3.16. The van der Waals surface area contributed by atoms with Crippen molar-refractivity contribution >= 4 is 5.91 Å². The summed E-state index contributed by atoms with van der Waals surface area (Å²) in [6.45, 7) is 1.58. The molecule has 12 heavy (non-hydrogen) atoms. The van der Waals surface area contributed by atoms with Crippen LogP contribution in [0.15, 0.2) is 18.2 Å². The van der Waals surface area contributed by atoms with Gasteiger partial charge in [0.2, 0.25) is 0 Å². The van der Waals surface area contributed by atoms with Gasteiger partial charge in [-0.2, -0.15) is 0 Å². The van der Waals surface area contributed by atoms with E-state index in [2.05, 4.69) is 5.32 Å². The molecular weight excluding hydrogens is 157 g/mol. The van der Waals surface area contributed by atoms with E-state index in [1.165, 1.54) is 19.2 Å². The molecule has 2 nitrogen and oxygen atoms in total. The highest BCUT2D eigenvalue weighted by Gasteiger charge is 2.08. The van der Waals surface area contributed by atoms with E-state index in [1.54, 1.807) is 13.0 Å². The van der Waals surface area contributed by atoms with E-state index in [-0.39, 0.29) is 11.7 Å². The summed E-state index contributed by atoms with van der Waals surface area (Å²) < 4.78 is 12.9. The second-order valence-electron chi connectivity index (χ2n) is 2.49. The predicted molar refractivity (Wildman–Crippen MR) is 44.5 cm³/mol. The van der Waals surface area contributed by atoms with E-state index < -0.39 is 0 Å². The molecule has 1 aromatic rings. The molecule has 0 spiro atoms. The van der Waals surface area contributed by atoms with E-state index in [1.807, 2.05) is 0 Å². The first kappa shape index (κ1) is 8.71. The zero-order valence-corrected chi connectivity index (χ0v) is 7.02. The zero-order chi connectivity index (χ0) is 9.14. The molecular formula is C9H10FNO. The molecule has 0 aliphatic heterocycles. The standard InChI is InChI=1S/C9H10FNO/c1-6-7(9(12)11-2)4-3-5-8(6)10/h3-5H,1-2H3,(H,11,12). The summed E-state index contributed by atoms with van der Waals surface area (Å²) in [5.41, 5.74) is 0.773. The third-order valence-corrected chi connectivity index (χ3v) is 1.74. The molecule has 0 unspecified atom stereocenters. The van der Waals surface area contributed by atoms with Crippen LogP contribution in [0.5, 0.6) is 0 Å². The van der Waals surface area contributed by atoms with Crippen molar-refractivity contribution in [3.63, 3.8) is 0 Å². The van der Waals surface area contributed by atoms with Gasteiger partial charge in [-0.05, 0) is 24.6 Å². The zero-order valence-electron chi connectivity index (χ0n) is 7.02. The lowest BCUT2D eigenvalue weighted by Crippen LogP contribution is -2.19. The fourth-order valence-corrected chi connectivity index (χ4v) is 0.988. The topological polar surface area (TPSA) is 29.1 Å². The SMILES string of the molecule is CNC(=O)c1cccc(F)c1C. The first-order valence-corrected chi connectivity index (χ1v) is 3.64. The minimum absolute atomic E-state index is 0.257. The molecule has 0 radical (unpaired) electrons. The molecule has 1 amide bonds. The minimum atomic E-state index is -0.351. The van der Waals surface area contributed by atoms with Crippen molar-refractivity contribution in [1.29, 1.82) is 0 Å². The lowest BCUT2D eigenvalue weighted by molar-refractivity contribution is 0.0962. The van der Waals surface area contributed by atoms with Gasteiger partial charge in [0.1, 0.15) is 5.82 Å². The van der Waals surface area contributed by atoms with Gasteiger partial charge in [-0.3, -0.25) is 4.79 Å². The van der Waals surface area contributed by atoms with Gasteiger partial charge in [0.05, 0.1) is 0 Å². The van der Waals surface area contributed by atoms with Crippen molar-refractivity contribution in [3.8, 4) is 0 Å². The van der Waals surface area contributed by atoms with E-state index in [0.717, 1.165) is 0 Å². The van der Waals surface area contributed by atoms with Crippen LogP contribution in [-0.2, 0) is 0 Å². The number of halogens is 1. The molecule has 0 saturated carbocycles. The molecule has 1 rings (SSSR count). The number of rotatable bonds is 1. The number of carbonyl (C=O) groups is 1. The molecule has 0 saturated heterocycles. The molecule has 0 heterocycles. The van der Waals surface area contributed by atoms with Gasteiger partial charge in [0.15, 0.2) is 0 Å². The molecule has 0 aliphatic carbocycles. The van der Waals surface area contributed by atoms with Crippen LogP contribution in [0.25, 0.3) is 0 Å². The number of nitrogens with one attached hydrogen (secondary N) is 1. The fraction of sp³-hybridized carbons (Fsp3) is 0.222. The third-order valence-electron chi connectivity index (χ3n) is 1.74. The van der Waals surface area contributed by atoms with Gasteiger partial charge in [-0.15, -0.1) is 0 Å². The van der Waals surface area contributed by atoms with E-state index in [4.69, 9.17) is 0 Å². The monoisotopic (exact) mass is 167 g/mol. The van der Waals surface area contributed by atoms with Gasteiger partial charge in [-0.25, -0.2) is 4.39 Å². The summed E-state index contributed by atoms with van der Waals surface area (Å²) in [6.07, 6.45) is 0. The Labute approximate surface area is 70.4 Å². The van der Waals surface area contributed by atoms with Crippen LogP contribution in [-0.4, -0.2) is 13.0 Å². The summed E-state index contributed by atoms with van der Waals surface area (Å²) in [5, 5.41) is 2.44. The van der Waals surface area contributed by atoms with Crippen molar-refractivity contribution in [1.82, 2.24) is 5.32 Å². The summed E-state index contributed by atoms with van der Waals surface area (Å²) in [6, 6.07) is 4.45. The lowest BCUT2D eigenvalue weighted by atomic mass is 10.1. The highest BCUT2D eigenvalue weighted by atomic mass is 19.1. The largest absolute Gasteiger partial charge is 0.355 e. The highest BCUT2D eigenvalue weighted by Crippen LogP contribution is 2.11. The first-order chi connectivity index (χ1) is 5.66. The van der Waals surface area contributed by atoms with Crippen molar-refractivity contribution in [2.24, 2.45) is 0 Å². The highest BCUT2D eigenvalue weighted by molar-refractivity contribution is 5.95. The summed E-state index contributed by atoms with van der Waals surface area (Å²) in [7, 11) is 1.52. The second-order valence-corrected chi connectivity index (χ2v) is 2.49. The Bertz CT molecular complexity index is 309. The third kappa shape index (κ3) is 1.44. The van der Waals surface area contributed by atoms with Crippen molar-refractivity contribution in [3.05, 3.63) is 35.1 Å². The number of carbonyl (C=O) groups excluding carboxylic acids is 1. The summed E-state index contributed by atoms with van der Waals surface area (Å²) in [5.74, 6) is -0.608. The molecule has 0 bridgehead atoms. The Morgan fingerprint density at radius 3 is 2.75 bits per heavy atom. The van der Waals surface area contributed by atoms with Crippen LogP contribution in [0, 0.1) is 12.7 Å². The maximum absolute atomic E-state index is 12.9. The van der Waals surface area contributed by atoms with Crippen molar-refractivity contribution in [2.45, 2.75) is 6.92 Å². The van der Waals surface area contributed by atoms with E-state index in [9.17, 15) is 9.18 Å². The van der Waals surface area contributed by atoms with Crippen LogP contribution >= 0.6 is 0 Å². The Kier molecular flexibility index (Phi) is 2.43. The van der Waals surface area contributed by atoms with Crippen LogP contribution in [0.2, 0.25) is 0 Å². The molecule has 0 aliphatic rings. The van der Waals surface area contributed by atoms with Crippen LogP contribution in [0.1, 0.15) is 15.9 Å². The van der Waals surface area contributed by atoms with Gasteiger partial charge in [-0.1, -0.05) is 6.07 Å². The molecule has 1 aromatic carbocycles. The molecule has 0 atom stereocenters. The van der Waals surface area contributed by atoms with E-state index >= 15 is 0 Å². The number of hydrogen-bond donors (Lipinski definition) is 1. The maximum Gasteiger partial charge on any atom is 0.251 e. The van der Waals surface area contributed by atoms with E-state index in [0.29, 0.717) is 11.1 Å². The second kappa shape index (κ2) is 3.34. The normalized spacial score (nSPS) is 9.58. The first-order valence-electron chi connectivity index (χ1n) is 3.64. The molecule has 0 fully saturated rings. The molecule has 0 aromatic heterocycles. The number of benzene rings is 1. The van der Waals surface area contributed by atoms with Crippen molar-refractivity contribution < 1.29 is 9.18 Å². The number of hydrogen-bond acceptors (Lipinski definition) is 1. The predicted octanol–water partition coefficient (Wildman–Crippen LogP) is 1.49. The van der Waals surface area contributed by atoms with Gasteiger partial charge < -0.3 is 5.32 Å². The van der Waals surface area contributed by atoms with Crippen LogP contribution in [0.3, 0.4) is 0 Å². The smallest absolute Gasteiger partial charge is 0.251 e. The summed E-state index contributed by atoms with van der Waals surface area (Å²) in [4.78, 5) is 11.1. The Morgan fingerprint density at radius 1 is 1.50 bits per heavy atom. The quantitative estimate of drug-likeness (QED) is 0.674. The lowest BCUT2D eigenvalue weighted by Gasteiger charge is -2.03. The average Bonchev–Trinajstić information content (AvgIpc) is 2.08. The summed E-state index contributed by atoms with van der Waals surface area (Å²) >= 11 is 0.